The molecule has 0 fully saturated rings. The van der Waals surface area contributed by atoms with Crippen LogP contribution in [0, 0.1) is 0 Å². The maximum atomic E-state index is 5.61. The summed E-state index contributed by atoms with van der Waals surface area (Å²) in [4.78, 5) is 8.45. The molecule has 1 aromatic rings. The number of anilines is 1. The zero-order valence-electron chi connectivity index (χ0n) is 7.67. The van der Waals surface area contributed by atoms with E-state index in [1.165, 1.54) is 0 Å². The molecule has 0 spiro atoms. The van der Waals surface area contributed by atoms with E-state index in [2.05, 4.69) is 16.9 Å². The molecule has 12 heavy (non-hydrogen) atoms. The summed E-state index contributed by atoms with van der Waals surface area (Å²) in [5.41, 5.74) is 6.67. The Kier molecular flexibility index (Phi) is 3.02. The van der Waals surface area contributed by atoms with Gasteiger partial charge in [0.2, 0.25) is 0 Å². The van der Waals surface area contributed by atoms with Crippen LogP contribution in [0.5, 0.6) is 0 Å². The lowest BCUT2D eigenvalue weighted by Crippen LogP contribution is -2.02. The van der Waals surface area contributed by atoms with Crippen LogP contribution in [0.2, 0.25) is 0 Å². The molecule has 3 nitrogen and oxygen atoms in total. The average molecular weight is 165 g/mol. The number of aryl methyl sites for hydroxylation is 2. The van der Waals surface area contributed by atoms with Crippen LogP contribution in [-0.2, 0) is 12.8 Å². The highest BCUT2D eigenvalue weighted by Gasteiger charge is 1.99. The van der Waals surface area contributed by atoms with Gasteiger partial charge in [0.1, 0.15) is 11.6 Å². The molecule has 0 unspecified atom stereocenters. The van der Waals surface area contributed by atoms with E-state index in [-0.39, 0.29) is 0 Å². The van der Waals surface area contributed by atoms with Crippen molar-refractivity contribution in [1.29, 1.82) is 0 Å². The van der Waals surface area contributed by atoms with Crippen LogP contribution in [0.25, 0.3) is 0 Å². The van der Waals surface area contributed by atoms with Crippen LogP contribution < -0.4 is 5.73 Å². The van der Waals surface area contributed by atoms with Gasteiger partial charge in [-0.05, 0) is 6.42 Å². The minimum atomic E-state index is 0.588. The third-order valence-electron chi connectivity index (χ3n) is 1.67. The lowest BCUT2D eigenvalue weighted by molar-refractivity contribution is 0.837. The van der Waals surface area contributed by atoms with Crippen LogP contribution in [0.1, 0.15) is 31.8 Å². The fourth-order valence-electron chi connectivity index (χ4n) is 1.12. The first-order valence-electron chi connectivity index (χ1n) is 4.38. The Morgan fingerprint density at radius 2 is 2.08 bits per heavy atom. The summed E-state index contributed by atoms with van der Waals surface area (Å²) in [5, 5.41) is 0. The molecule has 0 radical (unpaired) electrons. The van der Waals surface area contributed by atoms with Gasteiger partial charge in [-0.25, -0.2) is 9.97 Å². The van der Waals surface area contributed by atoms with E-state index in [4.69, 9.17) is 5.73 Å². The van der Waals surface area contributed by atoms with E-state index in [0.717, 1.165) is 30.8 Å². The normalized spacial score (nSPS) is 10.2. The summed E-state index contributed by atoms with van der Waals surface area (Å²) < 4.78 is 0. The monoisotopic (exact) mass is 165 g/mol. The van der Waals surface area contributed by atoms with Gasteiger partial charge in [-0.15, -0.1) is 0 Å². The molecule has 0 aliphatic rings. The van der Waals surface area contributed by atoms with Crippen molar-refractivity contribution in [2.24, 2.45) is 0 Å². The molecule has 0 atom stereocenters. The van der Waals surface area contributed by atoms with E-state index < -0.39 is 0 Å². The third-order valence-corrected chi connectivity index (χ3v) is 1.67. The van der Waals surface area contributed by atoms with Crippen molar-refractivity contribution in [1.82, 2.24) is 9.97 Å². The fraction of sp³-hybridized carbons (Fsp3) is 0.556. The Hall–Kier alpha value is -1.12. The van der Waals surface area contributed by atoms with E-state index in [0.29, 0.717) is 5.82 Å². The van der Waals surface area contributed by atoms with Gasteiger partial charge in [-0.2, -0.15) is 0 Å². The quantitative estimate of drug-likeness (QED) is 0.739. The first-order valence-corrected chi connectivity index (χ1v) is 4.38. The maximum absolute atomic E-state index is 5.61. The van der Waals surface area contributed by atoms with Crippen LogP contribution >= 0.6 is 0 Å². The second-order valence-corrected chi connectivity index (χ2v) is 2.80. The molecular weight excluding hydrogens is 150 g/mol. The van der Waals surface area contributed by atoms with Gasteiger partial charge in [0, 0.05) is 18.2 Å². The van der Waals surface area contributed by atoms with Crippen LogP contribution in [0.4, 0.5) is 5.82 Å². The number of hydrogen-bond acceptors (Lipinski definition) is 3. The fourth-order valence-corrected chi connectivity index (χ4v) is 1.12. The molecule has 66 valence electrons. The van der Waals surface area contributed by atoms with E-state index >= 15 is 0 Å². The Labute approximate surface area is 73.0 Å². The van der Waals surface area contributed by atoms with Gasteiger partial charge in [-0.3, -0.25) is 0 Å². The molecule has 1 rings (SSSR count). The summed E-state index contributed by atoms with van der Waals surface area (Å²) in [6.07, 6.45) is 2.93. The smallest absolute Gasteiger partial charge is 0.130 e. The number of rotatable bonds is 3. The molecular formula is C9H15N3. The van der Waals surface area contributed by atoms with Crippen molar-refractivity contribution in [2.45, 2.75) is 33.1 Å². The second kappa shape index (κ2) is 4.04. The molecule has 3 heteroatoms. The number of nitrogen functional groups attached to an aromatic ring is 1. The highest BCUT2D eigenvalue weighted by molar-refractivity contribution is 5.29. The average Bonchev–Trinajstić information content (AvgIpc) is 2.04. The number of nitrogens with two attached hydrogens (primary N) is 1. The van der Waals surface area contributed by atoms with Crippen molar-refractivity contribution in [2.75, 3.05) is 5.73 Å². The van der Waals surface area contributed by atoms with Crippen molar-refractivity contribution in [3.8, 4) is 0 Å². The minimum absolute atomic E-state index is 0.588. The SMILES string of the molecule is CCCc1cc(N)nc(CC)n1. The Morgan fingerprint density at radius 3 is 2.67 bits per heavy atom. The summed E-state index contributed by atoms with van der Waals surface area (Å²) in [7, 11) is 0. The third kappa shape index (κ3) is 2.19. The number of aromatic nitrogens is 2. The molecule has 0 aliphatic heterocycles. The summed E-state index contributed by atoms with van der Waals surface area (Å²) in [5.74, 6) is 1.43. The number of hydrogen-bond donors (Lipinski definition) is 1. The molecule has 2 N–H and O–H groups in total. The molecule has 1 aromatic heterocycles. The zero-order valence-corrected chi connectivity index (χ0v) is 7.67. The van der Waals surface area contributed by atoms with Crippen molar-refractivity contribution in [3.63, 3.8) is 0 Å². The molecule has 0 bridgehead atoms. The van der Waals surface area contributed by atoms with Gasteiger partial charge in [-0.1, -0.05) is 20.3 Å². The highest BCUT2D eigenvalue weighted by Crippen LogP contribution is 2.05. The molecule has 0 saturated carbocycles. The Bertz CT molecular complexity index is 258. The Morgan fingerprint density at radius 1 is 1.33 bits per heavy atom. The van der Waals surface area contributed by atoms with Gasteiger partial charge in [0.05, 0.1) is 0 Å². The first kappa shape index (κ1) is 8.97. The summed E-state index contributed by atoms with van der Waals surface area (Å²) in [6.45, 7) is 4.16. The van der Waals surface area contributed by atoms with E-state index in [1.807, 2.05) is 13.0 Å². The highest BCUT2D eigenvalue weighted by atomic mass is 14.9. The maximum Gasteiger partial charge on any atom is 0.130 e. The van der Waals surface area contributed by atoms with Gasteiger partial charge >= 0.3 is 0 Å². The first-order chi connectivity index (χ1) is 5.76. The van der Waals surface area contributed by atoms with E-state index in [1.54, 1.807) is 0 Å². The predicted molar refractivity (Wildman–Crippen MR) is 49.8 cm³/mol. The number of nitrogens with zero attached hydrogens (tertiary/aromatic N) is 2. The van der Waals surface area contributed by atoms with Crippen molar-refractivity contribution >= 4 is 5.82 Å². The molecule has 0 aromatic carbocycles. The predicted octanol–water partition coefficient (Wildman–Crippen LogP) is 1.57. The van der Waals surface area contributed by atoms with Crippen molar-refractivity contribution in [3.05, 3.63) is 17.6 Å². The Balaban J connectivity index is 2.90. The van der Waals surface area contributed by atoms with Crippen LogP contribution in [-0.4, -0.2) is 9.97 Å². The summed E-state index contributed by atoms with van der Waals surface area (Å²) in [6, 6.07) is 1.85. The minimum Gasteiger partial charge on any atom is -0.384 e. The van der Waals surface area contributed by atoms with Gasteiger partial charge < -0.3 is 5.73 Å². The van der Waals surface area contributed by atoms with Gasteiger partial charge in [0.25, 0.3) is 0 Å². The molecule has 1 heterocycles. The lowest BCUT2D eigenvalue weighted by atomic mass is 10.2. The molecule has 0 amide bonds. The summed E-state index contributed by atoms with van der Waals surface area (Å²) >= 11 is 0. The van der Waals surface area contributed by atoms with E-state index in [9.17, 15) is 0 Å². The topological polar surface area (TPSA) is 51.8 Å². The lowest BCUT2D eigenvalue weighted by Gasteiger charge is -2.02. The zero-order chi connectivity index (χ0) is 8.97. The standard InChI is InChI=1S/C9H15N3/c1-3-5-7-6-8(10)12-9(4-2)11-7/h6H,3-5H2,1-2H3,(H2,10,11,12). The van der Waals surface area contributed by atoms with Crippen LogP contribution in [0.3, 0.4) is 0 Å². The van der Waals surface area contributed by atoms with Gasteiger partial charge in [0.15, 0.2) is 0 Å². The molecule has 0 aliphatic carbocycles. The van der Waals surface area contributed by atoms with Crippen molar-refractivity contribution < 1.29 is 0 Å². The largest absolute Gasteiger partial charge is 0.384 e. The molecule has 0 saturated heterocycles. The second-order valence-electron chi connectivity index (χ2n) is 2.80. The van der Waals surface area contributed by atoms with Crippen LogP contribution in [0.15, 0.2) is 6.07 Å².